The number of para-hydroxylation sites is 1. The number of furan rings is 1. The molecule has 0 aliphatic rings. The maximum absolute atomic E-state index is 13.3. The van der Waals surface area contributed by atoms with Crippen molar-refractivity contribution < 1.29 is 8.81 Å². The van der Waals surface area contributed by atoms with Gasteiger partial charge < -0.3 is 15.1 Å². The van der Waals surface area contributed by atoms with E-state index in [0.29, 0.717) is 5.69 Å². The number of anilines is 2. The topological polar surface area (TPSA) is 42.4 Å². The van der Waals surface area contributed by atoms with Gasteiger partial charge in [0.2, 0.25) is 0 Å². The Balaban J connectivity index is 2.03. The number of likely N-dealkylation sites (N-methyl/N-ethyl adjacent to an activating group) is 1. The van der Waals surface area contributed by atoms with Gasteiger partial charge in [-0.05, 0) is 31.2 Å². The highest BCUT2D eigenvalue weighted by atomic mass is 19.1. The van der Waals surface area contributed by atoms with Gasteiger partial charge in [0, 0.05) is 20.0 Å². The number of benzene rings is 1. The molecule has 18 heavy (non-hydrogen) atoms. The number of hydrogen-bond acceptors (Lipinski definition) is 3. The summed E-state index contributed by atoms with van der Waals surface area (Å²) in [5.74, 6) is 1.44. The minimum absolute atomic E-state index is 0.190. The molecule has 0 saturated heterocycles. The standard InChI is InChI=1S/C14H17FN2O/c1-10-6-7-11(18-10)8-9-17(2)13-5-3-4-12(15)14(13)16/h3-7H,8-9,16H2,1-2H3. The summed E-state index contributed by atoms with van der Waals surface area (Å²) in [6, 6.07) is 8.73. The van der Waals surface area contributed by atoms with E-state index in [1.807, 2.05) is 37.1 Å². The van der Waals surface area contributed by atoms with Crippen molar-refractivity contribution in [2.24, 2.45) is 0 Å². The van der Waals surface area contributed by atoms with Crippen molar-refractivity contribution in [1.82, 2.24) is 0 Å². The van der Waals surface area contributed by atoms with Crippen molar-refractivity contribution in [1.29, 1.82) is 0 Å². The van der Waals surface area contributed by atoms with Crippen LogP contribution in [0, 0.1) is 12.7 Å². The first-order valence-corrected chi connectivity index (χ1v) is 5.88. The number of rotatable bonds is 4. The summed E-state index contributed by atoms with van der Waals surface area (Å²) in [5, 5.41) is 0. The minimum atomic E-state index is -0.381. The first-order chi connectivity index (χ1) is 8.58. The van der Waals surface area contributed by atoms with Crippen LogP contribution in [0.1, 0.15) is 11.5 Å². The zero-order valence-electron chi connectivity index (χ0n) is 10.6. The number of nitrogen functional groups attached to an aromatic ring is 1. The van der Waals surface area contributed by atoms with Crippen LogP contribution in [0.15, 0.2) is 34.7 Å². The van der Waals surface area contributed by atoms with Gasteiger partial charge in [0.15, 0.2) is 0 Å². The summed E-state index contributed by atoms with van der Waals surface area (Å²) in [5.41, 5.74) is 6.61. The second-order valence-electron chi connectivity index (χ2n) is 4.36. The smallest absolute Gasteiger partial charge is 0.148 e. The van der Waals surface area contributed by atoms with Crippen LogP contribution in [0.25, 0.3) is 0 Å². The third kappa shape index (κ3) is 2.64. The number of halogens is 1. The molecule has 2 aromatic rings. The third-order valence-electron chi connectivity index (χ3n) is 2.93. The number of nitrogens with two attached hydrogens (primary N) is 1. The lowest BCUT2D eigenvalue weighted by molar-refractivity contribution is 0.483. The molecule has 96 valence electrons. The Kier molecular flexibility index (Phi) is 3.55. The van der Waals surface area contributed by atoms with Gasteiger partial charge in [-0.3, -0.25) is 0 Å². The van der Waals surface area contributed by atoms with Crippen LogP contribution in [-0.4, -0.2) is 13.6 Å². The molecule has 0 amide bonds. The van der Waals surface area contributed by atoms with E-state index in [2.05, 4.69) is 0 Å². The molecule has 0 bridgehead atoms. The molecule has 3 nitrogen and oxygen atoms in total. The van der Waals surface area contributed by atoms with Gasteiger partial charge in [0.05, 0.1) is 11.4 Å². The molecule has 1 heterocycles. The molecular weight excluding hydrogens is 231 g/mol. The maximum Gasteiger partial charge on any atom is 0.148 e. The maximum atomic E-state index is 13.3. The lowest BCUT2D eigenvalue weighted by Crippen LogP contribution is -2.21. The molecule has 1 aromatic carbocycles. The fourth-order valence-corrected chi connectivity index (χ4v) is 1.88. The number of hydrogen-bond donors (Lipinski definition) is 1. The molecule has 2 N–H and O–H groups in total. The highest BCUT2D eigenvalue weighted by molar-refractivity contribution is 5.67. The SMILES string of the molecule is Cc1ccc(CCN(C)c2cccc(F)c2N)o1. The predicted octanol–water partition coefficient (Wildman–Crippen LogP) is 2.99. The van der Waals surface area contributed by atoms with Crippen LogP contribution >= 0.6 is 0 Å². The van der Waals surface area contributed by atoms with E-state index in [4.69, 9.17) is 10.2 Å². The summed E-state index contributed by atoms with van der Waals surface area (Å²) in [7, 11) is 1.89. The van der Waals surface area contributed by atoms with E-state index in [1.165, 1.54) is 6.07 Å². The van der Waals surface area contributed by atoms with Gasteiger partial charge in [-0.25, -0.2) is 4.39 Å². The van der Waals surface area contributed by atoms with Crippen LogP contribution in [0.3, 0.4) is 0 Å². The Bertz CT molecular complexity index is 536. The summed E-state index contributed by atoms with van der Waals surface area (Å²) in [6.07, 6.45) is 0.764. The van der Waals surface area contributed by atoms with Crippen molar-refractivity contribution in [2.75, 3.05) is 24.2 Å². The summed E-state index contributed by atoms with van der Waals surface area (Å²) in [6.45, 7) is 2.64. The quantitative estimate of drug-likeness (QED) is 0.846. The summed E-state index contributed by atoms with van der Waals surface area (Å²) >= 11 is 0. The van der Waals surface area contributed by atoms with Gasteiger partial charge in [0.25, 0.3) is 0 Å². The Morgan fingerprint density at radius 2 is 2.06 bits per heavy atom. The van der Waals surface area contributed by atoms with Gasteiger partial charge in [-0.2, -0.15) is 0 Å². The second kappa shape index (κ2) is 5.12. The first-order valence-electron chi connectivity index (χ1n) is 5.88. The Morgan fingerprint density at radius 1 is 1.28 bits per heavy atom. The first kappa shape index (κ1) is 12.5. The van der Waals surface area contributed by atoms with Crippen LogP contribution in [0.5, 0.6) is 0 Å². The van der Waals surface area contributed by atoms with Crippen LogP contribution in [0.4, 0.5) is 15.8 Å². The molecule has 0 saturated carbocycles. The molecule has 0 radical (unpaired) electrons. The fourth-order valence-electron chi connectivity index (χ4n) is 1.88. The molecule has 4 heteroatoms. The minimum Gasteiger partial charge on any atom is -0.466 e. The molecule has 0 aliphatic heterocycles. The van der Waals surface area contributed by atoms with E-state index in [9.17, 15) is 4.39 Å². The van der Waals surface area contributed by atoms with E-state index >= 15 is 0 Å². The normalized spacial score (nSPS) is 10.6. The number of nitrogens with zero attached hydrogens (tertiary/aromatic N) is 1. The van der Waals surface area contributed by atoms with Crippen molar-refractivity contribution in [3.8, 4) is 0 Å². The zero-order valence-corrected chi connectivity index (χ0v) is 10.6. The van der Waals surface area contributed by atoms with Gasteiger partial charge in [0.1, 0.15) is 17.3 Å². The van der Waals surface area contributed by atoms with Gasteiger partial charge in [-0.1, -0.05) is 6.07 Å². The third-order valence-corrected chi connectivity index (χ3v) is 2.93. The average molecular weight is 248 g/mol. The zero-order chi connectivity index (χ0) is 13.1. The van der Waals surface area contributed by atoms with Gasteiger partial charge >= 0.3 is 0 Å². The summed E-state index contributed by atoms with van der Waals surface area (Å²) in [4.78, 5) is 1.93. The monoisotopic (exact) mass is 248 g/mol. The fraction of sp³-hybridized carbons (Fsp3) is 0.286. The number of aryl methyl sites for hydroxylation is 1. The summed E-state index contributed by atoms with van der Waals surface area (Å²) < 4.78 is 18.8. The van der Waals surface area contributed by atoms with E-state index < -0.39 is 0 Å². The molecule has 1 aromatic heterocycles. The molecule has 0 aliphatic carbocycles. The van der Waals surface area contributed by atoms with Crippen molar-refractivity contribution in [2.45, 2.75) is 13.3 Å². The average Bonchev–Trinajstić information content (AvgIpc) is 2.76. The van der Waals surface area contributed by atoms with Crippen LogP contribution in [-0.2, 0) is 6.42 Å². The van der Waals surface area contributed by atoms with Crippen molar-refractivity contribution in [3.63, 3.8) is 0 Å². The van der Waals surface area contributed by atoms with Crippen LogP contribution in [0.2, 0.25) is 0 Å². The van der Waals surface area contributed by atoms with E-state index in [-0.39, 0.29) is 11.5 Å². The lowest BCUT2D eigenvalue weighted by Gasteiger charge is -2.20. The Morgan fingerprint density at radius 3 is 2.72 bits per heavy atom. The Hall–Kier alpha value is -1.97. The molecule has 0 spiro atoms. The molecule has 0 fully saturated rings. The Labute approximate surface area is 106 Å². The highest BCUT2D eigenvalue weighted by Crippen LogP contribution is 2.24. The molecular formula is C14H17FN2O. The van der Waals surface area contributed by atoms with E-state index in [1.54, 1.807) is 6.07 Å². The van der Waals surface area contributed by atoms with Crippen LogP contribution < -0.4 is 10.6 Å². The second-order valence-corrected chi connectivity index (χ2v) is 4.36. The lowest BCUT2D eigenvalue weighted by atomic mass is 10.2. The van der Waals surface area contributed by atoms with E-state index in [0.717, 1.165) is 24.5 Å². The predicted molar refractivity (Wildman–Crippen MR) is 71.2 cm³/mol. The van der Waals surface area contributed by atoms with Gasteiger partial charge in [-0.15, -0.1) is 0 Å². The molecule has 2 rings (SSSR count). The largest absolute Gasteiger partial charge is 0.466 e. The molecule has 0 unspecified atom stereocenters. The highest BCUT2D eigenvalue weighted by Gasteiger charge is 2.09. The molecule has 0 atom stereocenters. The van der Waals surface area contributed by atoms with Crippen molar-refractivity contribution >= 4 is 11.4 Å². The van der Waals surface area contributed by atoms with Crippen molar-refractivity contribution in [3.05, 3.63) is 47.7 Å².